The number of hydrogen-bond acceptors (Lipinski definition) is 5. The Morgan fingerprint density at radius 1 is 1.39 bits per heavy atom. The van der Waals surface area contributed by atoms with Crippen LogP contribution >= 0.6 is 11.3 Å². The van der Waals surface area contributed by atoms with Crippen LogP contribution in [0, 0.1) is 0 Å². The lowest BCUT2D eigenvalue weighted by Gasteiger charge is -2.17. The number of rotatable bonds is 5. The summed E-state index contributed by atoms with van der Waals surface area (Å²) in [6.07, 6.45) is 2.81. The van der Waals surface area contributed by atoms with Gasteiger partial charge in [-0.3, -0.25) is 0 Å². The van der Waals surface area contributed by atoms with E-state index in [0.717, 1.165) is 18.2 Å². The van der Waals surface area contributed by atoms with E-state index >= 15 is 0 Å². The number of thiophene rings is 1. The Morgan fingerprint density at radius 2 is 2.22 bits per heavy atom. The minimum Gasteiger partial charge on any atom is -0.362 e. The van der Waals surface area contributed by atoms with Crippen LogP contribution in [0.5, 0.6) is 0 Å². The fraction of sp³-hybridized carbons (Fsp3) is 0.385. The molecule has 0 fully saturated rings. The molecule has 1 atom stereocenters. The Bertz CT molecular complexity index is 481. The van der Waals surface area contributed by atoms with E-state index in [2.05, 4.69) is 39.7 Å². The van der Waals surface area contributed by atoms with E-state index in [1.54, 1.807) is 17.5 Å². The van der Waals surface area contributed by atoms with E-state index < -0.39 is 0 Å². The molecule has 5 heteroatoms. The third kappa shape index (κ3) is 2.98. The highest BCUT2D eigenvalue weighted by atomic mass is 32.1. The summed E-state index contributed by atoms with van der Waals surface area (Å²) >= 11 is 1.77. The smallest absolute Gasteiger partial charge is 0.226 e. The van der Waals surface area contributed by atoms with Gasteiger partial charge < -0.3 is 10.2 Å². The molecule has 18 heavy (non-hydrogen) atoms. The van der Waals surface area contributed by atoms with Gasteiger partial charge in [0.2, 0.25) is 5.95 Å². The number of hydrogen-bond donors (Lipinski definition) is 1. The maximum Gasteiger partial charge on any atom is 0.226 e. The molecule has 4 nitrogen and oxygen atoms in total. The maximum atomic E-state index is 4.48. The zero-order valence-electron chi connectivity index (χ0n) is 10.9. The molecule has 2 aromatic heterocycles. The molecule has 0 aliphatic heterocycles. The summed E-state index contributed by atoms with van der Waals surface area (Å²) in [6.45, 7) is 2.17. The highest BCUT2D eigenvalue weighted by Crippen LogP contribution is 2.25. The molecule has 0 aliphatic carbocycles. The molecule has 2 heterocycles. The minimum atomic E-state index is 0.315. The van der Waals surface area contributed by atoms with E-state index in [9.17, 15) is 0 Å². The second kappa shape index (κ2) is 5.82. The van der Waals surface area contributed by atoms with Crippen molar-refractivity contribution in [2.75, 3.05) is 24.3 Å². The second-order valence-corrected chi connectivity index (χ2v) is 5.24. The molecule has 1 unspecified atom stereocenters. The minimum absolute atomic E-state index is 0.315. The first kappa shape index (κ1) is 12.8. The van der Waals surface area contributed by atoms with Gasteiger partial charge in [0.15, 0.2) is 0 Å². The molecule has 96 valence electrons. The van der Waals surface area contributed by atoms with Gasteiger partial charge in [-0.1, -0.05) is 13.0 Å². The Labute approximate surface area is 112 Å². The highest BCUT2D eigenvalue weighted by molar-refractivity contribution is 7.10. The van der Waals surface area contributed by atoms with E-state index in [1.807, 2.05) is 25.1 Å². The van der Waals surface area contributed by atoms with Crippen molar-refractivity contribution in [3.05, 3.63) is 34.7 Å². The molecule has 0 aromatic carbocycles. The number of aromatic nitrogens is 2. The Hall–Kier alpha value is -1.62. The number of nitrogens with zero attached hydrogens (tertiary/aromatic N) is 3. The van der Waals surface area contributed by atoms with Gasteiger partial charge in [-0.15, -0.1) is 11.3 Å². The maximum absolute atomic E-state index is 4.48. The predicted molar refractivity (Wildman–Crippen MR) is 77.3 cm³/mol. The number of nitrogens with one attached hydrogen (secondary N) is 1. The van der Waals surface area contributed by atoms with Crippen molar-refractivity contribution in [1.82, 2.24) is 9.97 Å². The van der Waals surface area contributed by atoms with Crippen LogP contribution in [-0.2, 0) is 0 Å². The van der Waals surface area contributed by atoms with Crippen molar-refractivity contribution in [1.29, 1.82) is 0 Å². The van der Waals surface area contributed by atoms with E-state index in [1.165, 1.54) is 4.88 Å². The molecule has 0 bridgehead atoms. The molecule has 1 N–H and O–H groups in total. The SMILES string of the molecule is CCC(Nc1ccnc(N(C)C)n1)c1cccs1. The molecule has 0 saturated heterocycles. The molecule has 2 rings (SSSR count). The van der Waals surface area contributed by atoms with Crippen LogP contribution in [-0.4, -0.2) is 24.1 Å². The average molecular weight is 262 g/mol. The van der Waals surface area contributed by atoms with Gasteiger partial charge in [0, 0.05) is 25.2 Å². The van der Waals surface area contributed by atoms with Crippen molar-refractivity contribution < 1.29 is 0 Å². The lowest BCUT2D eigenvalue weighted by atomic mass is 10.2. The monoisotopic (exact) mass is 262 g/mol. The molecule has 0 aliphatic rings. The second-order valence-electron chi connectivity index (χ2n) is 4.26. The van der Waals surface area contributed by atoms with Gasteiger partial charge in [0.25, 0.3) is 0 Å². The van der Waals surface area contributed by atoms with Crippen molar-refractivity contribution in [3.8, 4) is 0 Å². The first-order chi connectivity index (χ1) is 8.70. The molecular formula is C13H18N4S. The Balaban J connectivity index is 2.15. The fourth-order valence-corrected chi connectivity index (χ4v) is 2.55. The average Bonchev–Trinajstić information content (AvgIpc) is 2.90. The van der Waals surface area contributed by atoms with Gasteiger partial charge in [0.05, 0.1) is 6.04 Å². The summed E-state index contributed by atoms with van der Waals surface area (Å²) in [7, 11) is 3.88. The van der Waals surface area contributed by atoms with Crippen LogP contribution in [0.25, 0.3) is 0 Å². The molecule has 2 aromatic rings. The summed E-state index contributed by atoms with van der Waals surface area (Å²) in [4.78, 5) is 11.9. The normalized spacial score (nSPS) is 12.2. The fourth-order valence-electron chi connectivity index (χ4n) is 1.69. The van der Waals surface area contributed by atoms with Crippen molar-refractivity contribution in [3.63, 3.8) is 0 Å². The largest absolute Gasteiger partial charge is 0.362 e. The van der Waals surface area contributed by atoms with Crippen LogP contribution in [0.15, 0.2) is 29.8 Å². The van der Waals surface area contributed by atoms with Crippen molar-refractivity contribution in [2.24, 2.45) is 0 Å². The highest BCUT2D eigenvalue weighted by Gasteiger charge is 2.11. The third-order valence-electron chi connectivity index (χ3n) is 2.66. The molecule has 0 radical (unpaired) electrons. The quantitative estimate of drug-likeness (QED) is 0.898. The topological polar surface area (TPSA) is 41.1 Å². The van der Waals surface area contributed by atoms with Gasteiger partial charge in [0.1, 0.15) is 5.82 Å². The predicted octanol–water partition coefficient (Wildman–Crippen LogP) is 3.17. The van der Waals surface area contributed by atoms with Crippen LogP contribution in [0.2, 0.25) is 0 Å². The van der Waals surface area contributed by atoms with Crippen molar-refractivity contribution in [2.45, 2.75) is 19.4 Å². The molecular weight excluding hydrogens is 244 g/mol. The third-order valence-corrected chi connectivity index (χ3v) is 3.65. The van der Waals surface area contributed by atoms with Crippen molar-refractivity contribution >= 4 is 23.1 Å². The Morgan fingerprint density at radius 3 is 2.83 bits per heavy atom. The van der Waals surface area contributed by atoms with Crippen LogP contribution in [0.4, 0.5) is 11.8 Å². The first-order valence-corrected chi connectivity index (χ1v) is 6.89. The summed E-state index contributed by atoms with van der Waals surface area (Å²) in [5, 5.41) is 5.56. The summed E-state index contributed by atoms with van der Waals surface area (Å²) in [6, 6.07) is 6.45. The summed E-state index contributed by atoms with van der Waals surface area (Å²) < 4.78 is 0. The van der Waals surface area contributed by atoms with Crippen LogP contribution in [0.1, 0.15) is 24.3 Å². The summed E-state index contributed by atoms with van der Waals surface area (Å²) in [5.74, 6) is 1.59. The van der Waals surface area contributed by atoms with Crippen LogP contribution < -0.4 is 10.2 Å². The van der Waals surface area contributed by atoms with Gasteiger partial charge in [-0.25, -0.2) is 4.98 Å². The summed E-state index contributed by atoms with van der Waals surface area (Å²) in [5.41, 5.74) is 0. The van der Waals surface area contributed by atoms with E-state index in [-0.39, 0.29) is 0 Å². The standard InChI is InChI=1S/C13H18N4S/c1-4-10(11-6-5-9-18-11)15-12-7-8-14-13(16-12)17(2)3/h5-10H,4H2,1-3H3,(H,14,15,16). The van der Waals surface area contributed by atoms with Gasteiger partial charge in [-0.05, 0) is 23.9 Å². The zero-order chi connectivity index (χ0) is 13.0. The molecule has 0 amide bonds. The van der Waals surface area contributed by atoms with Gasteiger partial charge in [-0.2, -0.15) is 4.98 Å². The Kier molecular flexibility index (Phi) is 4.15. The van der Waals surface area contributed by atoms with Crippen LogP contribution in [0.3, 0.4) is 0 Å². The first-order valence-electron chi connectivity index (χ1n) is 6.01. The number of anilines is 2. The van der Waals surface area contributed by atoms with Gasteiger partial charge >= 0.3 is 0 Å². The zero-order valence-corrected chi connectivity index (χ0v) is 11.7. The van der Waals surface area contributed by atoms with E-state index in [4.69, 9.17) is 0 Å². The van der Waals surface area contributed by atoms with E-state index in [0.29, 0.717) is 6.04 Å². The molecule has 0 spiro atoms. The lowest BCUT2D eigenvalue weighted by Crippen LogP contribution is -2.15. The molecule has 0 saturated carbocycles. The lowest BCUT2D eigenvalue weighted by molar-refractivity contribution is 0.757.